The molecule has 2 fully saturated rings. The number of anilines is 1. The number of nitrogens with one attached hydrogen (secondary N) is 3. The predicted octanol–water partition coefficient (Wildman–Crippen LogP) is 2.89. The maximum atomic E-state index is 12.4. The van der Waals surface area contributed by atoms with Gasteiger partial charge in [-0.25, -0.2) is 4.98 Å². The van der Waals surface area contributed by atoms with Crippen LogP contribution in [-0.4, -0.2) is 55.0 Å². The quantitative estimate of drug-likeness (QED) is 0.407. The fraction of sp³-hybridized carbons (Fsp3) is 0.417. The maximum Gasteiger partial charge on any atom is 0.228 e. The van der Waals surface area contributed by atoms with Gasteiger partial charge in [0.2, 0.25) is 5.91 Å². The van der Waals surface area contributed by atoms with Crippen LogP contribution in [0.1, 0.15) is 36.3 Å². The number of carbonyl (C=O) groups is 1. The molecule has 9 heteroatoms. The number of hydrogen-bond acceptors (Lipinski definition) is 7. The molecule has 0 radical (unpaired) electrons. The zero-order valence-electron chi connectivity index (χ0n) is 18.7. The lowest BCUT2D eigenvalue weighted by Gasteiger charge is -2.25. The van der Waals surface area contributed by atoms with Crippen molar-refractivity contribution in [1.82, 2.24) is 15.3 Å². The highest BCUT2D eigenvalue weighted by Gasteiger charge is 2.31. The lowest BCUT2D eigenvalue weighted by Crippen LogP contribution is -2.22. The number of benzene rings is 1. The van der Waals surface area contributed by atoms with Gasteiger partial charge in [0.1, 0.15) is 18.1 Å². The van der Waals surface area contributed by atoms with Crippen molar-refractivity contribution in [3.05, 3.63) is 41.6 Å². The molecule has 9 nitrogen and oxygen atoms in total. The van der Waals surface area contributed by atoms with Crippen molar-refractivity contribution in [1.29, 1.82) is 0 Å². The number of pyridine rings is 1. The number of fused-ring (bicyclic) bond motifs is 1. The molecule has 1 aliphatic carbocycles. The first-order valence-electron chi connectivity index (χ1n) is 11.1. The van der Waals surface area contributed by atoms with E-state index in [1.165, 1.54) is 0 Å². The zero-order valence-corrected chi connectivity index (χ0v) is 18.7. The van der Waals surface area contributed by atoms with Crippen LogP contribution in [-0.2, 0) is 14.3 Å². The van der Waals surface area contributed by atoms with Gasteiger partial charge in [0.15, 0.2) is 5.82 Å². The molecule has 1 aromatic carbocycles. The summed E-state index contributed by atoms with van der Waals surface area (Å²) in [6.07, 6.45) is 2.27. The second kappa shape index (κ2) is 9.11. The molecule has 0 bridgehead atoms. The van der Waals surface area contributed by atoms with Gasteiger partial charge in [0, 0.05) is 34.3 Å². The number of hydrogen-bond donors (Lipinski definition) is 4. The van der Waals surface area contributed by atoms with Crippen molar-refractivity contribution in [3.8, 4) is 17.0 Å². The molecule has 33 heavy (non-hydrogen) atoms. The first-order chi connectivity index (χ1) is 16.1. The van der Waals surface area contributed by atoms with E-state index >= 15 is 0 Å². The Balaban J connectivity index is 1.63. The molecule has 4 N–H and O–H groups in total. The normalized spacial score (nSPS) is 19.4. The average molecular weight is 453 g/mol. The number of H-pyrrole nitrogens is 1. The SMILES string of the molecule is CNC(O)c1cnc(NC(=O)C2CC2)c2[nH]c(-c3ccc(OC)cc3[C@H]3COCCO3)cc12. The predicted molar refractivity (Wildman–Crippen MR) is 123 cm³/mol. The van der Waals surface area contributed by atoms with Crippen LogP contribution in [0.25, 0.3) is 22.2 Å². The molecular formula is C24H28N4O5. The van der Waals surface area contributed by atoms with Crippen molar-refractivity contribution < 1.29 is 24.1 Å². The molecule has 5 rings (SSSR count). The number of aromatic nitrogens is 2. The number of ether oxygens (including phenoxy) is 3. The third-order valence-electron chi connectivity index (χ3n) is 6.17. The van der Waals surface area contributed by atoms with Gasteiger partial charge in [-0.3, -0.25) is 10.1 Å². The van der Waals surface area contributed by atoms with E-state index in [2.05, 4.69) is 20.6 Å². The number of amides is 1. The highest BCUT2D eigenvalue weighted by atomic mass is 16.6. The summed E-state index contributed by atoms with van der Waals surface area (Å²) in [5, 5.41) is 17.1. The van der Waals surface area contributed by atoms with Crippen LogP contribution in [0.3, 0.4) is 0 Å². The Morgan fingerprint density at radius 2 is 2.15 bits per heavy atom. The number of nitrogens with zero attached hydrogens (tertiary/aromatic N) is 1. The van der Waals surface area contributed by atoms with E-state index in [9.17, 15) is 9.90 Å². The smallest absolute Gasteiger partial charge is 0.228 e. The molecular weight excluding hydrogens is 424 g/mol. The summed E-state index contributed by atoms with van der Waals surface area (Å²) in [5.74, 6) is 1.20. The van der Waals surface area contributed by atoms with E-state index in [4.69, 9.17) is 14.2 Å². The minimum atomic E-state index is -0.901. The highest BCUT2D eigenvalue weighted by molar-refractivity contribution is 6.03. The summed E-state index contributed by atoms with van der Waals surface area (Å²) >= 11 is 0. The van der Waals surface area contributed by atoms with E-state index in [0.717, 1.165) is 40.8 Å². The zero-order chi connectivity index (χ0) is 22.9. The van der Waals surface area contributed by atoms with E-state index in [0.29, 0.717) is 36.7 Å². The molecule has 1 saturated heterocycles. The fourth-order valence-electron chi connectivity index (χ4n) is 4.16. The molecule has 2 aromatic heterocycles. The van der Waals surface area contributed by atoms with E-state index < -0.39 is 6.23 Å². The van der Waals surface area contributed by atoms with Gasteiger partial charge in [-0.15, -0.1) is 0 Å². The summed E-state index contributed by atoms with van der Waals surface area (Å²) < 4.78 is 17.1. The first-order valence-corrected chi connectivity index (χ1v) is 11.1. The van der Waals surface area contributed by atoms with Crippen LogP contribution in [0.15, 0.2) is 30.5 Å². The molecule has 1 aliphatic heterocycles. The second-order valence-electron chi connectivity index (χ2n) is 8.38. The Labute approximate surface area is 191 Å². The molecule has 1 saturated carbocycles. The summed E-state index contributed by atoms with van der Waals surface area (Å²) in [6.45, 7) is 1.55. The summed E-state index contributed by atoms with van der Waals surface area (Å²) in [5.41, 5.74) is 3.95. The molecule has 174 valence electrons. The maximum absolute atomic E-state index is 12.4. The summed E-state index contributed by atoms with van der Waals surface area (Å²) in [7, 11) is 3.31. The van der Waals surface area contributed by atoms with Crippen LogP contribution < -0.4 is 15.4 Å². The Morgan fingerprint density at radius 3 is 2.85 bits per heavy atom. The molecule has 3 aromatic rings. The van der Waals surface area contributed by atoms with Crippen LogP contribution in [0.2, 0.25) is 0 Å². The Morgan fingerprint density at radius 1 is 1.30 bits per heavy atom. The van der Waals surface area contributed by atoms with Crippen molar-refractivity contribution in [2.24, 2.45) is 5.92 Å². The monoisotopic (exact) mass is 452 g/mol. The number of methoxy groups -OCH3 is 1. The standard InChI is InChI=1S/C24H28N4O5/c1-25-24(30)18-11-26-22(28-23(29)13-3-4-13)21-17(18)10-19(27-21)15-6-5-14(31-2)9-16(15)20-12-32-7-8-33-20/h5-6,9-11,13,20,24-25,27,30H,3-4,7-8,12H2,1-2H3,(H,26,28,29)/t20-,24?/m1/s1. The minimum absolute atomic E-state index is 0.0280. The van der Waals surface area contributed by atoms with E-state index in [1.54, 1.807) is 20.4 Å². The van der Waals surface area contributed by atoms with Crippen LogP contribution in [0.5, 0.6) is 5.75 Å². The third-order valence-corrected chi connectivity index (χ3v) is 6.17. The lowest BCUT2D eigenvalue weighted by atomic mass is 9.99. The first kappa shape index (κ1) is 21.8. The minimum Gasteiger partial charge on any atom is -0.497 e. The van der Waals surface area contributed by atoms with Crippen molar-refractivity contribution >= 4 is 22.6 Å². The second-order valence-corrected chi connectivity index (χ2v) is 8.38. The average Bonchev–Trinajstić information content (AvgIpc) is 3.62. The largest absolute Gasteiger partial charge is 0.497 e. The van der Waals surface area contributed by atoms with E-state index in [-0.39, 0.29) is 17.9 Å². The van der Waals surface area contributed by atoms with Crippen LogP contribution >= 0.6 is 0 Å². The molecule has 3 heterocycles. The van der Waals surface area contributed by atoms with Crippen molar-refractivity contribution in [3.63, 3.8) is 0 Å². The Bertz CT molecular complexity index is 1170. The number of aliphatic hydroxyl groups is 1. The summed E-state index contributed by atoms with van der Waals surface area (Å²) in [4.78, 5) is 20.3. The number of carbonyl (C=O) groups excluding carboxylic acids is 1. The molecule has 2 atom stereocenters. The van der Waals surface area contributed by atoms with Gasteiger partial charge < -0.3 is 29.6 Å². The van der Waals surface area contributed by atoms with Crippen LogP contribution in [0, 0.1) is 5.92 Å². The third kappa shape index (κ3) is 4.32. The van der Waals surface area contributed by atoms with Gasteiger partial charge in [0.25, 0.3) is 0 Å². The van der Waals surface area contributed by atoms with Gasteiger partial charge in [-0.1, -0.05) is 0 Å². The Kier molecular flexibility index (Phi) is 6.03. The van der Waals surface area contributed by atoms with Gasteiger partial charge in [0.05, 0.1) is 32.4 Å². The van der Waals surface area contributed by atoms with Crippen molar-refractivity contribution in [2.45, 2.75) is 25.2 Å². The van der Waals surface area contributed by atoms with Gasteiger partial charge in [-0.2, -0.15) is 0 Å². The Hall–Kier alpha value is -2.98. The van der Waals surface area contributed by atoms with Crippen molar-refractivity contribution in [2.75, 3.05) is 39.3 Å². The van der Waals surface area contributed by atoms with Gasteiger partial charge in [-0.05, 0) is 49.7 Å². The van der Waals surface area contributed by atoms with Crippen LogP contribution in [0.4, 0.5) is 5.82 Å². The lowest BCUT2D eigenvalue weighted by molar-refractivity contribution is -0.117. The number of aliphatic hydroxyl groups excluding tert-OH is 1. The molecule has 2 aliphatic rings. The highest BCUT2D eigenvalue weighted by Crippen LogP contribution is 2.38. The molecule has 1 unspecified atom stereocenters. The summed E-state index contributed by atoms with van der Waals surface area (Å²) in [6, 6.07) is 7.79. The van der Waals surface area contributed by atoms with Gasteiger partial charge >= 0.3 is 0 Å². The number of rotatable bonds is 7. The number of aromatic amines is 1. The molecule has 0 spiro atoms. The fourth-order valence-corrected chi connectivity index (χ4v) is 4.16. The topological polar surface area (TPSA) is 118 Å². The molecule has 1 amide bonds. The van der Waals surface area contributed by atoms with E-state index in [1.807, 2.05) is 24.3 Å².